The summed E-state index contributed by atoms with van der Waals surface area (Å²) >= 11 is 5.54. The number of hydrogen-bond acceptors (Lipinski definition) is 2. The highest BCUT2D eigenvalue weighted by atomic mass is 35.5. The van der Waals surface area contributed by atoms with Crippen molar-refractivity contribution in [2.24, 2.45) is 0 Å². The number of carbonyl (C=O) groups excluding carboxylic acids is 1. The molecule has 0 saturated heterocycles. The minimum absolute atomic E-state index is 0.0317. The van der Waals surface area contributed by atoms with Crippen molar-refractivity contribution in [1.29, 1.82) is 0 Å². The fourth-order valence-corrected chi connectivity index (χ4v) is 1.77. The van der Waals surface area contributed by atoms with E-state index >= 15 is 0 Å². The maximum absolute atomic E-state index is 13.3. The van der Waals surface area contributed by atoms with E-state index in [1.165, 1.54) is 31.4 Å². The smallest absolute Gasteiger partial charge is 0.196 e. The van der Waals surface area contributed by atoms with Crippen LogP contribution in [0.1, 0.15) is 15.9 Å². The zero-order valence-electron chi connectivity index (χ0n) is 9.91. The Labute approximate surface area is 113 Å². The molecule has 0 atom stereocenters. The molecule has 0 bridgehead atoms. The second-order valence-electron chi connectivity index (χ2n) is 3.80. The number of ketones is 1. The predicted molar refractivity (Wildman–Crippen MR) is 67.8 cm³/mol. The number of halogens is 3. The molecule has 2 aromatic rings. The average molecular weight is 283 g/mol. The van der Waals surface area contributed by atoms with E-state index < -0.39 is 17.4 Å². The molecule has 19 heavy (non-hydrogen) atoms. The molecule has 0 radical (unpaired) electrons. The van der Waals surface area contributed by atoms with Gasteiger partial charge in [0.05, 0.1) is 17.7 Å². The normalized spacial score (nSPS) is 10.3. The molecule has 0 spiro atoms. The highest BCUT2D eigenvalue weighted by Crippen LogP contribution is 2.24. The second kappa shape index (κ2) is 5.36. The van der Waals surface area contributed by atoms with Gasteiger partial charge in [-0.15, -0.1) is 0 Å². The Morgan fingerprint density at radius 1 is 1.16 bits per heavy atom. The van der Waals surface area contributed by atoms with Gasteiger partial charge in [-0.1, -0.05) is 11.6 Å². The molecule has 0 amide bonds. The number of carbonyl (C=O) groups is 1. The summed E-state index contributed by atoms with van der Waals surface area (Å²) in [5, 5.41) is -0.0808. The molecule has 0 fully saturated rings. The van der Waals surface area contributed by atoms with Gasteiger partial charge in [0.25, 0.3) is 0 Å². The van der Waals surface area contributed by atoms with Crippen molar-refractivity contribution in [3.8, 4) is 5.75 Å². The molecule has 2 rings (SSSR count). The van der Waals surface area contributed by atoms with Crippen molar-refractivity contribution in [2.75, 3.05) is 7.11 Å². The van der Waals surface area contributed by atoms with Gasteiger partial charge >= 0.3 is 0 Å². The molecule has 5 heteroatoms. The molecule has 0 aromatic heterocycles. The lowest BCUT2D eigenvalue weighted by Gasteiger charge is -2.08. The third-order valence-corrected chi connectivity index (χ3v) is 2.89. The largest absolute Gasteiger partial charge is 0.496 e. The van der Waals surface area contributed by atoms with E-state index in [2.05, 4.69) is 0 Å². The SMILES string of the molecule is COc1ccc(F)cc1C(=O)c1ccc(Cl)c(F)c1. The van der Waals surface area contributed by atoms with Crippen LogP contribution in [0.3, 0.4) is 0 Å². The van der Waals surface area contributed by atoms with Gasteiger partial charge in [0.2, 0.25) is 0 Å². The van der Waals surface area contributed by atoms with Crippen molar-refractivity contribution in [3.63, 3.8) is 0 Å². The third kappa shape index (κ3) is 2.74. The number of methoxy groups -OCH3 is 1. The van der Waals surface area contributed by atoms with E-state index in [1.807, 2.05) is 0 Å². The van der Waals surface area contributed by atoms with Crippen LogP contribution in [0, 0.1) is 11.6 Å². The highest BCUT2D eigenvalue weighted by molar-refractivity contribution is 6.30. The molecular formula is C14H9ClF2O2. The van der Waals surface area contributed by atoms with Crippen molar-refractivity contribution in [2.45, 2.75) is 0 Å². The monoisotopic (exact) mass is 282 g/mol. The first-order valence-corrected chi connectivity index (χ1v) is 5.74. The summed E-state index contributed by atoms with van der Waals surface area (Å²) < 4.78 is 31.5. The fraction of sp³-hybridized carbons (Fsp3) is 0.0714. The Bertz CT molecular complexity index is 641. The van der Waals surface area contributed by atoms with Crippen molar-refractivity contribution < 1.29 is 18.3 Å². The van der Waals surface area contributed by atoms with Crippen molar-refractivity contribution >= 4 is 17.4 Å². The molecule has 0 N–H and O–H groups in total. The summed E-state index contributed by atoms with van der Waals surface area (Å²) in [4.78, 5) is 12.2. The molecule has 2 aromatic carbocycles. The van der Waals surface area contributed by atoms with Crippen molar-refractivity contribution in [3.05, 3.63) is 64.2 Å². The van der Waals surface area contributed by atoms with Crippen molar-refractivity contribution in [1.82, 2.24) is 0 Å². The average Bonchev–Trinajstić information content (AvgIpc) is 2.41. The standard InChI is InChI=1S/C14H9ClF2O2/c1-19-13-5-3-9(16)7-10(13)14(18)8-2-4-11(15)12(17)6-8/h2-7H,1H3. The van der Waals surface area contributed by atoms with Crippen LogP contribution in [-0.4, -0.2) is 12.9 Å². The van der Waals surface area contributed by atoms with Crippen LogP contribution in [-0.2, 0) is 0 Å². The molecular weight excluding hydrogens is 274 g/mol. The lowest BCUT2D eigenvalue weighted by molar-refractivity contribution is 0.103. The van der Waals surface area contributed by atoms with Gasteiger partial charge in [0.1, 0.15) is 17.4 Å². The van der Waals surface area contributed by atoms with Gasteiger partial charge in [-0.25, -0.2) is 8.78 Å². The molecule has 0 saturated carbocycles. The maximum Gasteiger partial charge on any atom is 0.196 e. The molecule has 0 unspecified atom stereocenters. The summed E-state index contributed by atoms with van der Waals surface area (Å²) in [5.41, 5.74) is 0.107. The maximum atomic E-state index is 13.3. The first kappa shape index (κ1) is 13.5. The van der Waals surface area contributed by atoms with Crippen LogP contribution in [0.4, 0.5) is 8.78 Å². The lowest BCUT2D eigenvalue weighted by atomic mass is 10.0. The van der Waals surface area contributed by atoms with Crippen LogP contribution in [0.25, 0.3) is 0 Å². The third-order valence-electron chi connectivity index (χ3n) is 2.59. The zero-order valence-corrected chi connectivity index (χ0v) is 10.7. The van der Waals surface area contributed by atoms with Gasteiger partial charge in [-0.05, 0) is 36.4 Å². The summed E-state index contributed by atoms with van der Waals surface area (Å²) in [6.45, 7) is 0. The summed E-state index contributed by atoms with van der Waals surface area (Å²) in [6, 6.07) is 7.23. The van der Waals surface area contributed by atoms with Gasteiger partial charge in [-0.3, -0.25) is 4.79 Å². The first-order chi connectivity index (χ1) is 9.02. The minimum atomic E-state index is -0.706. The Hall–Kier alpha value is -1.94. The van der Waals surface area contributed by atoms with E-state index in [1.54, 1.807) is 0 Å². The fourth-order valence-electron chi connectivity index (χ4n) is 1.65. The van der Waals surface area contributed by atoms with E-state index in [4.69, 9.17) is 16.3 Å². The number of rotatable bonds is 3. The molecule has 0 aliphatic heterocycles. The molecule has 0 aliphatic carbocycles. The van der Waals surface area contributed by atoms with Gasteiger partial charge in [0.15, 0.2) is 5.78 Å². The van der Waals surface area contributed by atoms with Crippen LogP contribution < -0.4 is 4.74 Å². The van der Waals surface area contributed by atoms with Gasteiger partial charge < -0.3 is 4.74 Å². The zero-order chi connectivity index (χ0) is 14.0. The summed E-state index contributed by atoms with van der Waals surface area (Å²) in [5.74, 6) is -1.59. The van der Waals surface area contributed by atoms with Gasteiger partial charge in [-0.2, -0.15) is 0 Å². The van der Waals surface area contributed by atoms with E-state index in [-0.39, 0.29) is 21.9 Å². The summed E-state index contributed by atoms with van der Waals surface area (Å²) in [7, 11) is 1.37. The van der Waals surface area contributed by atoms with Crippen LogP contribution in [0.15, 0.2) is 36.4 Å². The predicted octanol–water partition coefficient (Wildman–Crippen LogP) is 3.86. The lowest BCUT2D eigenvalue weighted by Crippen LogP contribution is -2.05. The van der Waals surface area contributed by atoms with Crippen LogP contribution in [0.5, 0.6) is 5.75 Å². The topological polar surface area (TPSA) is 26.3 Å². The Balaban J connectivity index is 2.49. The van der Waals surface area contributed by atoms with Crippen LogP contribution >= 0.6 is 11.6 Å². The Morgan fingerprint density at radius 2 is 1.89 bits per heavy atom. The Kier molecular flexibility index (Phi) is 3.81. The van der Waals surface area contributed by atoms with Gasteiger partial charge in [0, 0.05) is 5.56 Å². The van der Waals surface area contributed by atoms with E-state index in [0.717, 1.165) is 12.1 Å². The first-order valence-electron chi connectivity index (χ1n) is 5.36. The molecule has 0 heterocycles. The second-order valence-corrected chi connectivity index (χ2v) is 4.21. The summed E-state index contributed by atoms with van der Waals surface area (Å²) in [6.07, 6.45) is 0. The minimum Gasteiger partial charge on any atom is -0.496 e. The van der Waals surface area contributed by atoms with E-state index in [0.29, 0.717) is 0 Å². The highest BCUT2D eigenvalue weighted by Gasteiger charge is 2.16. The number of benzene rings is 2. The van der Waals surface area contributed by atoms with E-state index in [9.17, 15) is 13.6 Å². The quantitative estimate of drug-likeness (QED) is 0.799. The molecule has 0 aliphatic rings. The molecule has 98 valence electrons. The van der Waals surface area contributed by atoms with Crippen LogP contribution in [0.2, 0.25) is 5.02 Å². The Morgan fingerprint density at radius 3 is 2.53 bits per heavy atom. The number of hydrogen-bond donors (Lipinski definition) is 0. The number of ether oxygens (including phenoxy) is 1. The molecule has 2 nitrogen and oxygen atoms in total.